The van der Waals surface area contributed by atoms with Crippen LogP contribution in [0.3, 0.4) is 0 Å². The topological polar surface area (TPSA) is 144 Å². The Bertz CT molecular complexity index is 1930. The maximum atomic E-state index is 13.8. The van der Waals surface area contributed by atoms with E-state index in [4.69, 9.17) is 26.1 Å². The quantitative estimate of drug-likeness (QED) is 0.0499. The van der Waals surface area contributed by atoms with Gasteiger partial charge in [-0.15, -0.1) is 0 Å². The van der Waals surface area contributed by atoms with Gasteiger partial charge in [-0.3, -0.25) is 9.59 Å². The number of rotatable bonds is 15. The van der Waals surface area contributed by atoms with Gasteiger partial charge in [0.25, 0.3) is 0 Å². The van der Waals surface area contributed by atoms with Gasteiger partial charge in [-0.05, 0) is 68.5 Å². The van der Waals surface area contributed by atoms with Crippen molar-refractivity contribution in [2.75, 3.05) is 6.61 Å². The van der Waals surface area contributed by atoms with Crippen molar-refractivity contribution in [3.8, 4) is 17.4 Å². The number of hydrogen-bond donors (Lipinski definition) is 3. The number of benzene rings is 2. The summed E-state index contributed by atoms with van der Waals surface area (Å²) in [7, 11) is 0. The summed E-state index contributed by atoms with van der Waals surface area (Å²) in [5.74, 6) is -1.20. The first kappa shape index (κ1) is 36.5. The molecule has 11 heteroatoms. The van der Waals surface area contributed by atoms with E-state index in [9.17, 15) is 29.7 Å². The number of aromatic hydroxyl groups is 1. The molecule has 0 amide bonds. The highest BCUT2D eigenvalue weighted by molar-refractivity contribution is 9.10. The normalized spacial score (nSPS) is 13.9. The summed E-state index contributed by atoms with van der Waals surface area (Å²) in [6.07, 6.45) is 11.2. The number of halogens is 1. The van der Waals surface area contributed by atoms with Crippen molar-refractivity contribution in [2.24, 2.45) is 0 Å². The molecule has 1 aliphatic rings. The molecule has 3 aromatic rings. The summed E-state index contributed by atoms with van der Waals surface area (Å²) < 4.78 is 17.3. The Balaban J connectivity index is 1.51. The third-order valence-corrected chi connectivity index (χ3v) is 8.51. The molecule has 0 saturated carbocycles. The van der Waals surface area contributed by atoms with Gasteiger partial charge < -0.3 is 29.2 Å². The predicted octanol–water partition coefficient (Wildman–Crippen LogP) is 6.83. The molecule has 252 valence electrons. The molecule has 1 heterocycles. The van der Waals surface area contributed by atoms with Crippen LogP contribution in [-0.4, -0.2) is 38.7 Å². The Kier molecular flexibility index (Phi) is 13.1. The van der Waals surface area contributed by atoms with E-state index in [1.807, 2.05) is 13.0 Å². The molecule has 9 nitrogen and oxygen atoms in total. The number of carbonyl (C=O) groups excluding carboxylic acids is 1. The maximum Gasteiger partial charge on any atom is 0.513 e. The van der Waals surface area contributed by atoms with Crippen molar-refractivity contribution in [3.63, 3.8) is 0 Å². The number of ketones is 1. The van der Waals surface area contributed by atoms with Gasteiger partial charge in [0.2, 0.25) is 0 Å². The van der Waals surface area contributed by atoms with Gasteiger partial charge in [0.15, 0.2) is 11.2 Å². The minimum atomic E-state index is -1.67. The molecule has 0 radical (unpaired) electrons. The van der Waals surface area contributed by atoms with E-state index < -0.39 is 29.6 Å². The lowest BCUT2D eigenvalue weighted by atomic mass is 9.88. The molecule has 1 aliphatic carbocycles. The fraction of sp³-hybridized carbons (Fsp3) is 0.297. The standard InChI is InChI=1S/C37H37BrO9S/c1-3-11-27-30(18-17-26(22(2)39)34(27)41)45-19-9-7-5-4-6-8-14-29(33(40)23-12-10-13-24(38)20-23)32-35(42)28-16-15-25(48)21-31(28)46-36(32)47-37(43)44/h4,6,8,10,12-14,16-18,20-21,29,33,40-41H,3,5,7,9,11,15,19H2,1-2H3,(H,43,44)/b6-4-,14-8+/t29-,33-/m0/s1. The molecule has 0 saturated heterocycles. The summed E-state index contributed by atoms with van der Waals surface area (Å²) in [5, 5.41) is 31.7. The third-order valence-electron chi connectivity index (χ3n) is 7.73. The lowest BCUT2D eigenvalue weighted by molar-refractivity contribution is 0.101. The fourth-order valence-electron chi connectivity index (χ4n) is 5.40. The van der Waals surface area contributed by atoms with Gasteiger partial charge in [-0.2, -0.15) is 0 Å². The number of unbranched alkanes of at least 4 members (excludes halogenated alkanes) is 2. The Hall–Kier alpha value is -4.32. The number of thiocarbonyl (C=S) groups is 1. The Morgan fingerprint density at radius 3 is 2.67 bits per heavy atom. The average Bonchev–Trinajstić information content (AvgIpc) is 3.03. The van der Waals surface area contributed by atoms with Crippen LogP contribution in [0.15, 0.2) is 74.4 Å². The number of aliphatic hydroxyl groups is 1. The van der Waals surface area contributed by atoms with E-state index in [-0.39, 0.29) is 33.3 Å². The van der Waals surface area contributed by atoms with E-state index in [1.54, 1.807) is 60.7 Å². The molecule has 0 spiro atoms. The molecule has 2 atom stereocenters. The van der Waals surface area contributed by atoms with E-state index >= 15 is 0 Å². The van der Waals surface area contributed by atoms with Crippen molar-refractivity contribution < 1.29 is 38.8 Å². The average molecular weight is 738 g/mol. The summed E-state index contributed by atoms with van der Waals surface area (Å²) in [6, 6.07) is 10.3. The molecule has 0 fully saturated rings. The van der Waals surface area contributed by atoms with Crippen LogP contribution in [0.5, 0.6) is 17.4 Å². The van der Waals surface area contributed by atoms with E-state index in [1.165, 1.54) is 13.0 Å². The number of ether oxygens (including phenoxy) is 2. The lowest BCUT2D eigenvalue weighted by Crippen LogP contribution is -2.44. The van der Waals surface area contributed by atoms with E-state index in [2.05, 4.69) is 15.9 Å². The van der Waals surface area contributed by atoms with Crippen LogP contribution in [0.25, 0.3) is 12.2 Å². The number of aliphatic hydroxyl groups excluding tert-OH is 1. The van der Waals surface area contributed by atoms with Gasteiger partial charge in [-0.25, -0.2) is 4.79 Å². The van der Waals surface area contributed by atoms with Crippen LogP contribution in [0.2, 0.25) is 0 Å². The van der Waals surface area contributed by atoms with E-state index in [0.29, 0.717) is 52.1 Å². The number of fused-ring (bicyclic) bond motifs is 1. The SMILES string of the molecule is CCCc1c(OCCCC/C=C\C=C\[C@@H](c2c(OC(=O)O)oc3c(c2=O)=CCC(=S)C=3)[C@@H](O)c2cccc(Br)c2)ccc(C(C)=O)c1O. The van der Waals surface area contributed by atoms with Crippen LogP contribution in [0, 0.1) is 0 Å². The van der Waals surface area contributed by atoms with Crippen LogP contribution >= 0.6 is 28.1 Å². The van der Waals surface area contributed by atoms with Crippen molar-refractivity contribution in [1.82, 2.24) is 0 Å². The van der Waals surface area contributed by atoms with Crippen LogP contribution in [0.4, 0.5) is 4.79 Å². The van der Waals surface area contributed by atoms with Gasteiger partial charge in [-0.1, -0.05) is 84.0 Å². The zero-order valence-corrected chi connectivity index (χ0v) is 29.0. The third kappa shape index (κ3) is 9.18. The lowest BCUT2D eigenvalue weighted by Gasteiger charge is -2.21. The Labute approximate surface area is 291 Å². The molecule has 48 heavy (non-hydrogen) atoms. The molecular formula is C37H37BrO9S. The molecule has 4 rings (SSSR count). The van der Waals surface area contributed by atoms with Gasteiger partial charge in [0, 0.05) is 27.2 Å². The second kappa shape index (κ2) is 17.2. The highest BCUT2D eigenvalue weighted by Crippen LogP contribution is 2.36. The Morgan fingerprint density at radius 1 is 1.17 bits per heavy atom. The number of carbonyl (C=O) groups is 2. The minimum absolute atomic E-state index is 0.0183. The van der Waals surface area contributed by atoms with Crippen LogP contribution in [0.1, 0.15) is 85.0 Å². The fourth-order valence-corrected chi connectivity index (χ4v) is 6.01. The molecule has 3 N–H and O–H groups in total. The zero-order chi connectivity index (χ0) is 34.8. The number of phenols is 1. The summed E-state index contributed by atoms with van der Waals surface area (Å²) in [4.78, 5) is 37.7. The molecule has 0 aliphatic heterocycles. The molecule has 0 bridgehead atoms. The van der Waals surface area contributed by atoms with Crippen molar-refractivity contribution in [3.05, 3.63) is 108 Å². The first-order chi connectivity index (χ1) is 23.0. The highest BCUT2D eigenvalue weighted by Gasteiger charge is 2.30. The smallest absolute Gasteiger partial charge is 0.507 e. The second-order valence-corrected chi connectivity index (χ2v) is 12.7. The van der Waals surface area contributed by atoms with Gasteiger partial charge >= 0.3 is 12.1 Å². The minimum Gasteiger partial charge on any atom is -0.507 e. The van der Waals surface area contributed by atoms with Gasteiger partial charge in [0.05, 0.1) is 29.1 Å². The Morgan fingerprint density at radius 2 is 1.96 bits per heavy atom. The maximum absolute atomic E-state index is 13.8. The number of allylic oxidation sites excluding steroid dienone is 3. The number of carboxylic acid groups (broad SMARTS) is 1. The summed E-state index contributed by atoms with van der Waals surface area (Å²) in [6.45, 7) is 3.84. The summed E-state index contributed by atoms with van der Waals surface area (Å²) >= 11 is 8.64. The van der Waals surface area contributed by atoms with Crippen molar-refractivity contribution in [2.45, 2.75) is 64.4 Å². The number of hydrogen-bond acceptors (Lipinski definition) is 9. The molecule has 2 aromatic carbocycles. The van der Waals surface area contributed by atoms with Gasteiger partial charge in [0.1, 0.15) is 16.9 Å². The molecule has 0 unspecified atom stereocenters. The van der Waals surface area contributed by atoms with Crippen molar-refractivity contribution in [1.29, 1.82) is 0 Å². The number of phenolic OH excluding ortho intramolecular Hbond substituents is 1. The first-order valence-corrected chi connectivity index (χ1v) is 16.8. The van der Waals surface area contributed by atoms with Crippen LogP contribution < -0.4 is 25.5 Å². The van der Waals surface area contributed by atoms with E-state index in [0.717, 1.165) is 19.3 Å². The first-order valence-electron chi connectivity index (χ1n) is 15.6. The molecule has 1 aromatic heterocycles. The largest absolute Gasteiger partial charge is 0.513 e. The monoisotopic (exact) mass is 736 g/mol. The van der Waals surface area contributed by atoms with Crippen molar-refractivity contribution >= 4 is 57.1 Å². The highest BCUT2D eigenvalue weighted by atomic mass is 79.9. The summed E-state index contributed by atoms with van der Waals surface area (Å²) in [5.41, 5.74) is 0.864. The molecular weight excluding hydrogens is 700 g/mol. The van der Waals surface area contributed by atoms with Crippen LogP contribution in [-0.2, 0) is 6.42 Å². The second-order valence-electron chi connectivity index (χ2n) is 11.2. The number of Topliss-reactive ketones (excluding diaryl/α,β-unsaturated/α-hetero) is 1. The zero-order valence-electron chi connectivity index (χ0n) is 26.6. The predicted molar refractivity (Wildman–Crippen MR) is 191 cm³/mol.